The average Bonchev–Trinajstić information content (AvgIpc) is 2.84. The number of hydrogen-bond acceptors (Lipinski definition) is 11. The first-order chi connectivity index (χ1) is 19.0. The first kappa shape index (κ1) is 30.0. The van der Waals surface area contributed by atoms with Crippen molar-refractivity contribution in [1.82, 2.24) is 15.1 Å². The third-order valence-corrected chi connectivity index (χ3v) is 8.20. The Morgan fingerprint density at radius 1 is 1.10 bits per heavy atom. The van der Waals surface area contributed by atoms with E-state index < -0.39 is 58.0 Å². The van der Waals surface area contributed by atoms with E-state index in [-0.39, 0.29) is 54.3 Å². The van der Waals surface area contributed by atoms with Crippen molar-refractivity contribution in [2.75, 3.05) is 53.7 Å². The van der Waals surface area contributed by atoms with Gasteiger partial charge in [-0.25, -0.2) is 0 Å². The summed E-state index contributed by atoms with van der Waals surface area (Å²) in [5.74, 6) is -7.34. The van der Waals surface area contributed by atoms with E-state index in [1.807, 2.05) is 0 Å². The summed E-state index contributed by atoms with van der Waals surface area (Å²) in [7, 11) is 10.2. The van der Waals surface area contributed by atoms with Crippen LogP contribution in [0.5, 0.6) is 5.75 Å². The Balaban J connectivity index is 1.88. The van der Waals surface area contributed by atoms with E-state index >= 15 is 0 Å². The third-order valence-electron chi connectivity index (χ3n) is 8.20. The summed E-state index contributed by atoms with van der Waals surface area (Å²) in [5.41, 5.74) is 2.87. The molecule has 222 valence electrons. The van der Waals surface area contributed by atoms with Crippen LogP contribution in [0.15, 0.2) is 28.7 Å². The normalized spacial score (nSPS) is 25.7. The molecule has 7 N–H and O–H groups in total. The molecule has 0 aliphatic heterocycles. The van der Waals surface area contributed by atoms with Gasteiger partial charge in [-0.05, 0) is 58.6 Å². The number of Topliss-reactive ketones (excluding diaryl/α,β-unsaturated/α-hetero) is 2. The molecule has 1 aromatic rings. The molecule has 13 heteroatoms. The van der Waals surface area contributed by atoms with Crippen LogP contribution in [0.2, 0.25) is 0 Å². The number of nitrogens with two attached hydrogens (primary N) is 1. The number of aromatic hydroxyl groups is 1. The highest BCUT2D eigenvalue weighted by Crippen LogP contribution is 2.53. The smallest absolute Gasteiger partial charge is 0.255 e. The van der Waals surface area contributed by atoms with Crippen molar-refractivity contribution >= 4 is 29.1 Å². The average molecular weight is 572 g/mol. The predicted molar refractivity (Wildman–Crippen MR) is 148 cm³/mol. The maximum absolute atomic E-state index is 14.0. The number of phenols is 1. The molecular formula is C28H37N5O8. The standard InChI is InChI=1S/C28H37N5O8/c1-31(2)11-17(34)30-10-13-9-16(32(3)4)14-7-12-8-15-21(33(5)6)24(37)20(27(29)40)26(39)28(15,41)25(38)18(12)23(36)19(14)22(13)35/h9,12,15,21,35,37-38,41H,7-8,10-11H2,1-6H3,(H2,29,40)(H,30,34)/t12-,15+,21?,28+/m0/s1. The number of allylic oxidation sites excluding steroid dienone is 1. The van der Waals surface area contributed by atoms with Gasteiger partial charge in [-0.1, -0.05) is 0 Å². The van der Waals surface area contributed by atoms with E-state index in [0.29, 0.717) is 11.3 Å². The van der Waals surface area contributed by atoms with Gasteiger partial charge in [0, 0.05) is 43.4 Å². The van der Waals surface area contributed by atoms with E-state index in [2.05, 4.69) is 5.32 Å². The molecule has 0 saturated carbocycles. The Kier molecular flexibility index (Phi) is 7.67. The van der Waals surface area contributed by atoms with Crippen LogP contribution in [-0.4, -0.2) is 114 Å². The second-order valence-electron chi connectivity index (χ2n) is 11.6. The first-order valence-corrected chi connectivity index (χ1v) is 13.1. The molecular weight excluding hydrogens is 534 g/mol. The topological polar surface area (TPSA) is 197 Å². The molecule has 3 aliphatic rings. The zero-order valence-electron chi connectivity index (χ0n) is 24.0. The number of carbonyl (C=O) groups is 4. The van der Waals surface area contributed by atoms with Crippen LogP contribution in [-0.2, 0) is 27.3 Å². The minimum atomic E-state index is -2.71. The molecule has 0 aromatic heterocycles. The minimum absolute atomic E-state index is 0.00172. The van der Waals surface area contributed by atoms with Crippen molar-refractivity contribution in [3.63, 3.8) is 0 Å². The van der Waals surface area contributed by atoms with Gasteiger partial charge < -0.3 is 41.3 Å². The zero-order chi connectivity index (χ0) is 30.7. The van der Waals surface area contributed by atoms with Gasteiger partial charge in [-0.15, -0.1) is 0 Å². The van der Waals surface area contributed by atoms with Crippen molar-refractivity contribution < 1.29 is 39.6 Å². The molecule has 3 aliphatic carbocycles. The molecule has 0 radical (unpaired) electrons. The largest absolute Gasteiger partial charge is 0.510 e. The summed E-state index contributed by atoms with van der Waals surface area (Å²) < 4.78 is 0. The Bertz CT molecular complexity index is 1410. The zero-order valence-corrected chi connectivity index (χ0v) is 24.0. The monoisotopic (exact) mass is 571 g/mol. The summed E-state index contributed by atoms with van der Waals surface area (Å²) in [5, 5.41) is 48.1. The third kappa shape index (κ3) is 4.63. The Morgan fingerprint density at radius 2 is 1.73 bits per heavy atom. The molecule has 0 spiro atoms. The van der Waals surface area contributed by atoms with Crippen LogP contribution in [0.1, 0.15) is 27.9 Å². The number of aliphatic hydroxyl groups excluding tert-OH is 2. The summed E-state index contributed by atoms with van der Waals surface area (Å²) in [6, 6.07) is 0.626. The molecule has 0 bridgehead atoms. The highest BCUT2D eigenvalue weighted by molar-refractivity contribution is 6.25. The molecule has 0 heterocycles. The number of nitrogens with one attached hydrogen (secondary N) is 1. The highest BCUT2D eigenvalue weighted by atomic mass is 16.3. The quantitative estimate of drug-likeness (QED) is 0.228. The number of aliphatic hydroxyl groups is 3. The second-order valence-corrected chi connectivity index (χ2v) is 11.6. The number of primary amides is 1. The first-order valence-electron chi connectivity index (χ1n) is 13.1. The van der Waals surface area contributed by atoms with Crippen molar-refractivity contribution in [2.45, 2.75) is 31.0 Å². The lowest BCUT2D eigenvalue weighted by molar-refractivity contribution is -0.148. The molecule has 1 aromatic carbocycles. The lowest BCUT2D eigenvalue weighted by atomic mass is 9.58. The van der Waals surface area contributed by atoms with Crippen molar-refractivity contribution in [2.24, 2.45) is 17.6 Å². The van der Waals surface area contributed by atoms with Crippen LogP contribution in [0, 0.1) is 11.8 Å². The number of anilines is 1. The Morgan fingerprint density at radius 3 is 2.27 bits per heavy atom. The van der Waals surface area contributed by atoms with E-state index in [0.717, 1.165) is 0 Å². The van der Waals surface area contributed by atoms with Crippen molar-refractivity contribution in [3.8, 4) is 5.75 Å². The Labute approximate surface area is 237 Å². The fraction of sp³-hybridized carbons (Fsp3) is 0.500. The van der Waals surface area contributed by atoms with Crippen LogP contribution < -0.4 is 16.0 Å². The van der Waals surface area contributed by atoms with Crippen LogP contribution >= 0.6 is 0 Å². The van der Waals surface area contributed by atoms with Gasteiger partial charge in [0.05, 0.1) is 18.2 Å². The summed E-state index contributed by atoms with van der Waals surface area (Å²) in [6.07, 6.45) is 0.171. The maximum Gasteiger partial charge on any atom is 0.255 e. The highest BCUT2D eigenvalue weighted by Gasteiger charge is 2.63. The van der Waals surface area contributed by atoms with Crippen molar-refractivity contribution in [3.05, 3.63) is 45.4 Å². The lowest BCUT2D eigenvalue weighted by Crippen LogP contribution is -2.63. The van der Waals surface area contributed by atoms with E-state index in [1.54, 1.807) is 58.2 Å². The van der Waals surface area contributed by atoms with E-state index in [1.165, 1.54) is 4.90 Å². The van der Waals surface area contributed by atoms with Gasteiger partial charge in [-0.3, -0.25) is 24.1 Å². The number of nitrogens with zero attached hydrogens (tertiary/aromatic N) is 3. The Hall–Kier alpha value is -3.94. The molecule has 13 nitrogen and oxygen atoms in total. The van der Waals surface area contributed by atoms with E-state index in [9.17, 15) is 39.6 Å². The van der Waals surface area contributed by atoms with Crippen LogP contribution in [0.4, 0.5) is 5.69 Å². The molecule has 1 unspecified atom stereocenters. The van der Waals surface area contributed by atoms with Crippen LogP contribution in [0.3, 0.4) is 0 Å². The summed E-state index contributed by atoms with van der Waals surface area (Å²) >= 11 is 0. The number of benzene rings is 1. The molecule has 4 rings (SSSR count). The number of hydrogen-bond donors (Lipinski definition) is 6. The van der Waals surface area contributed by atoms with Gasteiger partial charge in [0.15, 0.2) is 11.4 Å². The molecule has 0 saturated heterocycles. The predicted octanol–water partition coefficient (Wildman–Crippen LogP) is -0.636. The molecule has 2 amide bonds. The lowest BCUT2D eigenvalue weighted by Gasteiger charge is -2.50. The number of fused-ring (bicyclic) bond motifs is 3. The molecule has 4 atom stereocenters. The van der Waals surface area contributed by atoms with Gasteiger partial charge in [0.1, 0.15) is 22.8 Å². The van der Waals surface area contributed by atoms with Crippen LogP contribution in [0.25, 0.3) is 0 Å². The number of likely N-dealkylation sites (N-methyl/N-ethyl adjacent to an activating group) is 2. The van der Waals surface area contributed by atoms with Crippen molar-refractivity contribution in [1.29, 1.82) is 0 Å². The number of amides is 2. The van der Waals surface area contributed by atoms with Gasteiger partial charge >= 0.3 is 0 Å². The minimum Gasteiger partial charge on any atom is -0.510 e. The fourth-order valence-electron chi connectivity index (χ4n) is 6.42. The number of rotatable bonds is 7. The fourth-order valence-corrected chi connectivity index (χ4v) is 6.42. The maximum atomic E-state index is 14.0. The summed E-state index contributed by atoms with van der Waals surface area (Å²) in [4.78, 5) is 56.8. The van der Waals surface area contributed by atoms with E-state index in [4.69, 9.17) is 5.73 Å². The number of carbonyl (C=O) groups excluding carboxylic acids is 4. The van der Waals surface area contributed by atoms with Gasteiger partial charge in [0.25, 0.3) is 5.91 Å². The SMILES string of the molecule is CN(C)CC(=O)NCc1cc(N(C)C)c2c(c1O)C(=O)C1=C(O)[C@@]3(O)C(=O)C(C(N)=O)=C(O)C(N(C)C)[C@H]3C[C@@H]1C2. The number of phenolic OH excluding ortho intramolecular Hbond substituents is 1. The van der Waals surface area contributed by atoms with Gasteiger partial charge in [0.2, 0.25) is 11.7 Å². The van der Waals surface area contributed by atoms with Gasteiger partial charge in [-0.2, -0.15) is 0 Å². The summed E-state index contributed by atoms with van der Waals surface area (Å²) in [6.45, 7) is 0.0437. The molecule has 0 fully saturated rings. The second kappa shape index (κ2) is 10.5. The number of ketones is 2. The molecule has 41 heavy (non-hydrogen) atoms.